The maximum atomic E-state index is 12.6. The number of nitrogens with one attached hydrogen (secondary N) is 1. The first-order valence-electron chi connectivity index (χ1n) is 9.29. The third kappa shape index (κ3) is 5.33. The van der Waals surface area contributed by atoms with Crippen LogP contribution in [0.5, 0.6) is 5.75 Å². The molecule has 0 spiro atoms. The Morgan fingerprint density at radius 2 is 1.93 bits per heavy atom. The molecule has 1 unspecified atom stereocenters. The standard InChI is InChI=1S/C22H25NO4/c1-15(2)27-22(25)14-19(17-6-4-3-5-7-17)23-21(24)13-16-8-9-20-18(12-16)10-11-26-20/h3-9,12,15,19H,10-11,13-14H2,1-2H3,(H,23,24). The minimum atomic E-state index is -0.414. The highest BCUT2D eigenvalue weighted by molar-refractivity contribution is 5.80. The van der Waals surface area contributed by atoms with E-state index in [4.69, 9.17) is 9.47 Å². The number of esters is 1. The Labute approximate surface area is 159 Å². The van der Waals surface area contributed by atoms with Crippen molar-refractivity contribution in [1.82, 2.24) is 5.32 Å². The highest BCUT2D eigenvalue weighted by Gasteiger charge is 2.20. The third-order valence-electron chi connectivity index (χ3n) is 4.39. The molecule has 142 valence electrons. The summed E-state index contributed by atoms with van der Waals surface area (Å²) in [5.74, 6) is 0.451. The topological polar surface area (TPSA) is 64.6 Å². The molecule has 0 radical (unpaired) electrons. The number of amides is 1. The van der Waals surface area contributed by atoms with Crippen LogP contribution in [0, 0.1) is 0 Å². The van der Waals surface area contributed by atoms with Crippen molar-refractivity contribution in [3.8, 4) is 5.75 Å². The highest BCUT2D eigenvalue weighted by Crippen LogP contribution is 2.26. The Morgan fingerprint density at radius 1 is 1.15 bits per heavy atom. The first-order valence-corrected chi connectivity index (χ1v) is 9.29. The van der Waals surface area contributed by atoms with E-state index >= 15 is 0 Å². The van der Waals surface area contributed by atoms with Crippen molar-refractivity contribution in [2.75, 3.05) is 6.61 Å². The molecule has 1 atom stereocenters. The van der Waals surface area contributed by atoms with Crippen molar-refractivity contribution >= 4 is 11.9 Å². The Balaban J connectivity index is 1.67. The van der Waals surface area contributed by atoms with E-state index in [2.05, 4.69) is 5.32 Å². The number of carbonyl (C=O) groups excluding carboxylic acids is 2. The average molecular weight is 367 g/mol. The van der Waals surface area contributed by atoms with Gasteiger partial charge in [-0.05, 0) is 36.6 Å². The highest BCUT2D eigenvalue weighted by atomic mass is 16.5. The lowest BCUT2D eigenvalue weighted by atomic mass is 10.0. The van der Waals surface area contributed by atoms with Gasteiger partial charge in [-0.15, -0.1) is 0 Å². The summed E-state index contributed by atoms with van der Waals surface area (Å²) >= 11 is 0. The number of carbonyl (C=O) groups is 2. The molecule has 1 amide bonds. The second-order valence-electron chi connectivity index (χ2n) is 6.99. The summed E-state index contributed by atoms with van der Waals surface area (Å²) in [6.45, 7) is 4.32. The third-order valence-corrected chi connectivity index (χ3v) is 4.39. The molecule has 0 saturated heterocycles. The van der Waals surface area contributed by atoms with Crippen molar-refractivity contribution in [1.29, 1.82) is 0 Å². The van der Waals surface area contributed by atoms with Crippen LogP contribution >= 0.6 is 0 Å². The number of rotatable bonds is 7. The maximum Gasteiger partial charge on any atom is 0.308 e. The van der Waals surface area contributed by atoms with Crippen molar-refractivity contribution in [2.24, 2.45) is 0 Å². The number of benzene rings is 2. The molecule has 1 aliphatic heterocycles. The SMILES string of the molecule is CC(C)OC(=O)CC(NC(=O)Cc1ccc2c(c1)CCO2)c1ccccc1. The van der Waals surface area contributed by atoms with Crippen LogP contribution in [0.25, 0.3) is 0 Å². The fraction of sp³-hybridized carbons (Fsp3) is 0.364. The number of hydrogen-bond acceptors (Lipinski definition) is 4. The van der Waals surface area contributed by atoms with Crippen molar-refractivity contribution in [3.05, 3.63) is 65.2 Å². The normalized spacial score (nSPS) is 13.6. The van der Waals surface area contributed by atoms with Gasteiger partial charge in [0.25, 0.3) is 0 Å². The summed E-state index contributed by atoms with van der Waals surface area (Å²) in [4.78, 5) is 24.7. The second-order valence-corrected chi connectivity index (χ2v) is 6.99. The van der Waals surface area contributed by atoms with Crippen molar-refractivity contribution in [2.45, 2.75) is 45.3 Å². The Hall–Kier alpha value is -2.82. The molecular formula is C22H25NO4. The van der Waals surface area contributed by atoms with Crippen LogP contribution in [0.3, 0.4) is 0 Å². The molecule has 5 nitrogen and oxygen atoms in total. The largest absolute Gasteiger partial charge is 0.493 e. The van der Waals surface area contributed by atoms with E-state index in [0.29, 0.717) is 6.61 Å². The molecule has 2 aromatic carbocycles. The van der Waals surface area contributed by atoms with Gasteiger partial charge in [-0.3, -0.25) is 9.59 Å². The van der Waals surface area contributed by atoms with Crippen LogP contribution in [0.4, 0.5) is 0 Å². The van der Waals surface area contributed by atoms with Crippen molar-refractivity contribution in [3.63, 3.8) is 0 Å². The van der Waals surface area contributed by atoms with Crippen molar-refractivity contribution < 1.29 is 19.1 Å². The average Bonchev–Trinajstić information content (AvgIpc) is 3.09. The molecule has 27 heavy (non-hydrogen) atoms. The molecule has 1 heterocycles. The van der Waals surface area contributed by atoms with Gasteiger partial charge in [-0.25, -0.2) is 0 Å². The Morgan fingerprint density at radius 3 is 2.67 bits per heavy atom. The van der Waals surface area contributed by atoms with E-state index in [1.54, 1.807) is 0 Å². The van der Waals surface area contributed by atoms with Crippen LogP contribution in [0.15, 0.2) is 48.5 Å². The molecule has 2 aromatic rings. The summed E-state index contributed by atoms with van der Waals surface area (Å²) in [6, 6.07) is 14.9. The summed E-state index contributed by atoms with van der Waals surface area (Å²) in [5.41, 5.74) is 2.96. The molecule has 5 heteroatoms. The van der Waals surface area contributed by atoms with Crippen LogP contribution in [0.2, 0.25) is 0 Å². The van der Waals surface area contributed by atoms with Gasteiger partial charge in [0.2, 0.25) is 5.91 Å². The first kappa shape index (κ1) is 19.0. The van der Waals surface area contributed by atoms with E-state index < -0.39 is 6.04 Å². The molecule has 0 bridgehead atoms. The van der Waals surface area contributed by atoms with Gasteiger partial charge in [0, 0.05) is 6.42 Å². The fourth-order valence-electron chi connectivity index (χ4n) is 3.20. The van der Waals surface area contributed by atoms with E-state index in [9.17, 15) is 9.59 Å². The van der Waals surface area contributed by atoms with Crippen LogP contribution in [-0.4, -0.2) is 24.6 Å². The lowest BCUT2D eigenvalue weighted by molar-refractivity contribution is -0.148. The van der Waals surface area contributed by atoms with E-state index in [0.717, 1.165) is 28.9 Å². The lowest BCUT2D eigenvalue weighted by Crippen LogP contribution is -2.32. The minimum Gasteiger partial charge on any atom is -0.493 e. The first-order chi connectivity index (χ1) is 13.0. The molecular weight excluding hydrogens is 342 g/mol. The summed E-state index contributed by atoms with van der Waals surface area (Å²) in [7, 11) is 0. The quantitative estimate of drug-likeness (QED) is 0.762. The Kier molecular flexibility index (Phi) is 6.12. The van der Waals surface area contributed by atoms with Crippen LogP contribution in [0.1, 0.15) is 43.0 Å². The predicted octanol–water partition coefficient (Wildman–Crippen LogP) is 3.36. The smallest absolute Gasteiger partial charge is 0.308 e. The molecule has 3 rings (SSSR count). The molecule has 0 aliphatic carbocycles. The lowest BCUT2D eigenvalue weighted by Gasteiger charge is -2.19. The van der Waals surface area contributed by atoms with E-state index in [-0.39, 0.29) is 30.8 Å². The van der Waals surface area contributed by atoms with E-state index in [1.165, 1.54) is 0 Å². The molecule has 0 aromatic heterocycles. The summed E-state index contributed by atoms with van der Waals surface area (Å²) in [6.07, 6.45) is 1.05. The van der Waals surface area contributed by atoms with Gasteiger partial charge in [0.15, 0.2) is 0 Å². The van der Waals surface area contributed by atoms with E-state index in [1.807, 2.05) is 62.4 Å². The zero-order chi connectivity index (χ0) is 19.2. The number of ether oxygens (including phenoxy) is 2. The molecule has 1 aliphatic rings. The second kappa shape index (κ2) is 8.71. The molecule has 0 fully saturated rings. The van der Waals surface area contributed by atoms with Crippen LogP contribution < -0.4 is 10.1 Å². The summed E-state index contributed by atoms with van der Waals surface area (Å²) in [5, 5.41) is 2.98. The van der Waals surface area contributed by atoms with Gasteiger partial charge >= 0.3 is 5.97 Å². The van der Waals surface area contributed by atoms with Crippen LogP contribution in [-0.2, 0) is 27.2 Å². The predicted molar refractivity (Wildman–Crippen MR) is 103 cm³/mol. The zero-order valence-corrected chi connectivity index (χ0v) is 15.7. The Bertz CT molecular complexity index is 801. The molecule has 0 saturated carbocycles. The van der Waals surface area contributed by atoms with Gasteiger partial charge in [-0.1, -0.05) is 42.5 Å². The number of fused-ring (bicyclic) bond motifs is 1. The monoisotopic (exact) mass is 367 g/mol. The fourth-order valence-corrected chi connectivity index (χ4v) is 3.20. The minimum absolute atomic E-state index is 0.103. The zero-order valence-electron chi connectivity index (χ0n) is 15.7. The molecule has 1 N–H and O–H groups in total. The van der Waals surface area contributed by atoms with Gasteiger partial charge in [0.05, 0.1) is 31.6 Å². The van der Waals surface area contributed by atoms with Gasteiger partial charge in [-0.2, -0.15) is 0 Å². The maximum absolute atomic E-state index is 12.6. The summed E-state index contributed by atoms with van der Waals surface area (Å²) < 4.78 is 10.8. The van der Waals surface area contributed by atoms with Gasteiger partial charge < -0.3 is 14.8 Å². The van der Waals surface area contributed by atoms with Gasteiger partial charge in [0.1, 0.15) is 5.75 Å². The number of hydrogen-bond donors (Lipinski definition) is 1.